The highest BCUT2D eigenvalue weighted by atomic mass is 16.3. The second-order valence-electron chi connectivity index (χ2n) is 4.14. The number of aliphatic hydroxyl groups excluding tert-OH is 2. The van der Waals surface area contributed by atoms with Gasteiger partial charge in [0.1, 0.15) is 6.10 Å². The molecule has 1 rings (SSSR count). The maximum atomic E-state index is 10.7. The van der Waals surface area contributed by atoms with Crippen molar-refractivity contribution in [1.82, 2.24) is 0 Å². The molecule has 0 saturated heterocycles. The third-order valence-corrected chi connectivity index (χ3v) is 2.51. The molecule has 0 saturated carbocycles. The van der Waals surface area contributed by atoms with E-state index >= 15 is 0 Å². The van der Waals surface area contributed by atoms with Crippen LogP contribution in [-0.2, 0) is 4.79 Å². The van der Waals surface area contributed by atoms with Crippen molar-refractivity contribution in [3.63, 3.8) is 0 Å². The van der Waals surface area contributed by atoms with Crippen molar-refractivity contribution in [2.45, 2.75) is 18.6 Å². The zero-order valence-corrected chi connectivity index (χ0v) is 10.00. The van der Waals surface area contributed by atoms with E-state index in [0.29, 0.717) is 5.56 Å². The summed E-state index contributed by atoms with van der Waals surface area (Å²) < 4.78 is 0. The van der Waals surface area contributed by atoms with E-state index in [1.165, 1.54) is 0 Å². The number of nitrogens with two attached hydrogens (primary N) is 1. The highest BCUT2D eigenvalue weighted by molar-refractivity contribution is 5.74. The van der Waals surface area contributed by atoms with E-state index in [4.69, 9.17) is 5.73 Å². The molecule has 0 aliphatic heterocycles. The fourth-order valence-corrected chi connectivity index (χ4v) is 1.67. The molecule has 0 bridgehead atoms. The quantitative estimate of drug-likeness (QED) is 0.675. The third-order valence-electron chi connectivity index (χ3n) is 2.51. The number of anilines is 1. The summed E-state index contributed by atoms with van der Waals surface area (Å²) >= 11 is 0. The highest BCUT2D eigenvalue weighted by Gasteiger charge is 2.22. The molecule has 5 heteroatoms. The molecule has 5 nitrogen and oxygen atoms in total. The minimum atomic E-state index is -1.19. The summed E-state index contributed by atoms with van der Waals surface area (Å²) in [6.07, 6.45) is -2.57. The maximum Gasteiger partial charge on any atom is 0.220 e. The molecule has 0 aliphatic rings. The van der Waals surface area contributed by atoms with Gasteiger partial charge in [-0.05, 0) is 6.07 Å². The minimum Gasteiger partial charge on any atom is -0.390 e. The number of carbonyl (C=O) groups is 1. The number of primary amides is 1. The van der Waals surface area contributed by atoms with Gasteiger partial charge in [-0.15, -0.1) is 0 Å². The standard InChI is InChI=1S/C12H18N2O3/c1-14(2)9-6-4-3-5-8(9)12(17)10(15)7-11(13)16/h3-6,10,12,15,17H,7H2,1-2H3,(H2,13,16). The lowest BCUT2D eigenvalue weighted by atomic mass is 10.00. The minimum absolute atomic E-state index is 0.261. The Hall–Kier alpha value is -1.59. The first-order chi connectivity index (χ1) is 7.93. The van der Waals surface area contributed by atoms with Gasteiger partial charge in [-0.1, -0.05) is 18.2 Å². The van der Waals surface area contributed by atoms with E-state index in [-0.39, 0.29) is 6.42 Å². The number of aliphatic hydroxyl groups is 2. The number of hydrogen-bond donors (Lipinski definition) is 3. The molecule has 0 radical (unpaired) electrons. The first-order valence-electron chi connectivity index (χ1n) is 5.34. The molecule has 0 heterocycles. The predicted molar refractivity (Wildman–Crippen MR) is 65.5 cm³/mol. The van der Waals surface area contributed by atoms with Crippen LogP contribution in [0, 0.1) is 0 Å². The van der Waals surface area contributed by atoms with Crippen molar-refractivity contribution < 1.29 is 15.0 Å². The van der Waals surface area contributed by atoms with E-state index in [0.717, 1.165) is 5.69 Å². The Morgan fingerprint density at radius 1 is 1.35 bits per heavy atom. The van der Waals surface area contributed by atoms with Crippen LogP contribution in [0.3, 0.4) is 0 Å². The topological polar surface area (TPSA) is 86.8 Å². The predicted octanol–water partition coefficient (Wildman–Crippen LogP) is 0.0223. The van der Waals surface area contributed by atoms with E-state index in [9.17, 15) is 15.0 Å². The summed E-state index contributed by atoms with van der Waals surface area (Å²) in [5, 5.41) is 19.7. The highest BCUT2D eigenvalue weighted by Crippen LogP contribution is 2.27. The molecular formula is C12H18N2O3. The third kappa shape index (κ3) is 3.44. The molecule has 0 aromatic heterocycles. The number of rotatable bonds is 5. The van der Waals surface area contributed by atoms with E-state index in [1.54, 1.807) is 12.1 Å². The van der Waals surface area contributed by atoms with Crippen LogP contribution in [0.4, 0.5) is 5.69 Å². The number of carbonyl (C=O) groups excluding carboxylic acids is 1. The molecule has 94 valence electrons. The van der Waals surface area contributed by atoms with Gasteiger partial charge in [-0.3, -0.25) is 4.79 Å². The van der Waals surface area contributed by atoms with Gasteiger partial charge in [0.25, 0.3) is 0 Å². The van der Waals surface area contributed by atoms with Crippen LogP contribution >= 0.6 is 0 Å². The Labute approximate surface area is 100 Å². The SMILES string of the molecule is CN(C)c1ccccc1C(O)C(O)CC(N)=O. The summed E-state index contributed by atoms with van der Waals surface area (Å²) in [7, 11) is 3.68. The smallest absolute Gasteiger partial charge is 0.220 e. The number of benzene rings is 1. The normalized spacial score (nSPS) is 14.1. The van der Waals surface area contributed by atoms with Gasteiger partial charge < -0.3 is 20.8 Å². The summed E-state index contributed by atoms with van der Waals surface area (Å²) in [5.41, 5.74) is 6.36. The fraction of sp³-hybridized carbons (Fsp3) is 0.417. The Balaban J connectivity index is 2.95. The summed E-state index contributed by atoms with van der Waals surface area (Å²) in [4.78, 5) is 12.5. The van der Waals surface area contributed by atoms with Crippen LogP contribution in [0.2, 0.25) is 0 Å². The molecule has 4 N–H and O–H groups in total. The monoisotopic (exact) mass is 238 g/mol. The maximum absolute atomic E-state index is 10.7. The Bertz CT molecular complexity index is 393. The van der Waals surface area contributed by atoms with E-state index in [2.05, 4.69) is 0 Å². The van der Waals surface area contributed by atoms with E-state index in [1.807, 2.05) is 31.1 Å². The van der Waals surface area contributed by atoms with Gasteiger partial charge in [-0.25, -0.2) is 0 Å². The molecular weight excluding hydrogens is 220 g/mol. The van der Waals surface area contributed by atoms with Crippen molar-refractivity contribution in [1.29, 1.82) is 0 Å². The number of para-hydroxylation sites is 1. The van der Waals surface area contributed by atoms with Crippen molar-refractivity contribution in [2.24, 2.45) is 5.73 Å². The van der Waals surface area contributed by atoms with Crippen LogP contribution in [-0.4, -0.2) is 36.3 Å². The average molecular weight is 238 g/mol. The largest absolute Gasteiger partial charge is 0.390 e. The van der Waals surface area contributed by atoms with Gasteiger partial charge in [0.2, 0.25) is 5.91 Å². The Morgan fingerprint density at radius 2 is 1.94 bits per heavy atom. The van der Waals surface area contributed by atoms with Crippen molar-refractivity contribution in [3.8, 4) is 0 Å². The number of nitrogens with zero attached hydrogens (tertiary/aromatic N) is 1. The van der Waals surface area contributed by atoms with Gasteiger partial charge in [0, 0.05) is 25.3 Å². The second kappa shape index (κ2) is 5.65. The Morgan fingerprint density at radius 3 is 2.47 bits per heavy atom. The Kier molecular flexibility index (Phi) is 4.48. The van der Waals surface area contributed by atoms with Crippen molar-refractivity contribution in [2.75, 3.05) is 19.0 Å². The first kappa shape index (κ1) is 13.5. The van der Waals surface area contributed by atoms with Gasteiger partial charge in [-0.2, -0.15) is 0 Å². The van der Waals surface area contributed by atoms with Gasteiger partial charge in [0.05, 0.1) is 12.5 Å². The van der Waals surface area contributed by atoms with Gasteiger partial charge >= 0.3 is 0 Å². The van der Waals surface area contributed by atoms with Crippen LogP contribution < -0.4 is 10.6 Å². The number of hydrogen-bond acceptors (Lipinski definition) is 4. The molecule has 2 unspecified atom stereocenters. The zero-order valence-electron chi connectivity index (χ0n) is 10.00. The molecule has 0 aliphatic carbocycles. The van der Waals surface area contributed by atoms with Crippen molar-refractivity contribution >= 4 is 11.6 Å². The summed E-state index contributed by atoms with van der Waals surface area (Å²) in [5.74, 6) is -0.640. The van der Waals surface area contributed by atoms with Crippen LogP contribution in [0.25, 0.3) is 0 Å². The average Bonchev–Trinajstić information content (AvgIpc) is 2.27. The molecule has 0 spiro atoms. The first-order valence-corrected chi connectivity index (χ1v) is 5.34. The number of amides is 1. The van der Waals surface area contributed by atoms with Crippen LogP contribution in [0.5, 0.6) is 0 Å². The van der Waals surface area contributed by atoms with Crippen LogP contribution in [0.1, 0.15) is 18.1 Å². The molecule has 1 aromatic rings. The lowest BCUT2D eigenvalue weighted by molar-refractivity contribution is -0.121. The van der Waals surface area contributed by atoms with Crippen LogP contribution in [0.15, 0.2) is 24.3 Å². The van der Waals surface area contributed by atoms with Gasteiger partial charge in [0.15, 0.2) is 0 Å². The molecule has 2 atom stereocenters. The summed E-state index contributed by atoms with van der Waals surface area (Å²) in [6, 6.07) is 7.15. The van der Waals surface area contributed by atoms with E-state index < -0.39 is 18.1 Å². The second-order valence-corrected chi connectivity index (χ2v) is 4.14. The lowest BCUT2D eigenvalue weighted by Crippen LogP contribution is -2.26. The molecule has 17 heavy (non-hydrogen) atoms. The zero-order chi connectivity index (χ0) is 13.0. The van der Waals surface area contributed by atoms with Crippen molar-refractivity contribution in [3.05, 3.63) is 29.8 Å². The molecule has 0 fully saturated rings. The molecule has 1 aromatic carbocycles. The lowest BCUT2D eigenvalue weighted by Gasteiger charge is -2.23. The fourth-order valence-electron chi connectivity index (χ4n) is 1.67. The molecule has 1 amide bonds. The summed E-state index contributed by atoms with van der Waals surface area (Å²) in [6.45, 7) is 0.